The standard InChI is InChI=1S/C20H29ClN2O2/c1-3-23(4-2)20(25)17-10-8-16(9-11-17)19(24)22-13-12-15-6-5-7-18(21)14-15/h5-7,14,16-17H,3-4,8-13H2,1-2H3,(H,22,24). The van der Waals surface area contributed by atoms with Gasteiger partial charge in [-0.05, 0) is 63.6 Å². The van der Waals surface area contributed by atoms with Crippen LogP contribution in [-0.4, -0.2) is 36.3 Å². The average Bonchev–Trinajstić information content (AvgIpc) is 2.63. The van der Waals surface area contributed by atoms with Crippen molar-refractivity contribution < 1.29 is 9.59 Å². The van der Waals surface area contributed by atoms with Crippen molar-refractivity contribution in [3.63, 3.8) is 0 Å². The van der Waals surface area contributed by atoms with Crippen LogP contribution < -0.4 is 5.32 Å². The van der Waals surface area contributed by atoms with Gasteiger partial charge < -0.3 is 10.2 Å². The Kier molecular flexibility index (Phi) is 7.76. The van der Waals surface area contributed by atoms with Gasteiger partial charge in [0.1, 0.15) is 0 Å². The Morgan fingerprint density at radius 1 is 1.12 bits per heavy atom. The van der Waals surface area contributed by atoms with Crippen molar-refractivity contribution in [1.82, 2.24) is 10.2 Å². The lowest BCUT2D eigenvalue weighted by molar-refractivity contribution is -0.138. The summed E-state index contributed by atoms with van der Waals surface area (Å²) in [6.07, 6.45) is 4.03. The molecule has 1 aliphatic rings. The molecule has 2 amide bonds. The van der Waals surface area contributed by atoms with Crippen LogP contribution >= 0.6 is 11.6 Å². The Morgan fingerprint density at radius 2 is 1.76 bits per heavy atom. The van der Waals surface area contributed by atoms with Crippen LogP contribution in [0, 0.1) is 11.8 Å². The van der Waals surface area contributed by atoms with E-state index in [1.165, 1.54) is 0 Å². The molecule has 1 aromatic carbocycles. The molecule has 0 unspecified atom stereocenters. The third kappa shape index (κ3) is 5.74. The van der Waals surface area contributed by atoms with Gasteiger partial charge in [0.15, 0.2) is 0 Å². The summed E-state index contributed by atoms with van der Waals surface area (Å²) in [6.45, 7) is 6.18. The van der Waals surface area contributed by atoms with Crippen LogP contribution in [0.1, 0.15) is 45.1 Å². The molecular formula is C20H29ClN2O2. The molecule has 25 heavy (non-hydrogen) atoms. The van der Waals surface area contributed by atoms with Gasteiger partial charge in [0.2, 0.25) is 11.8 Å². The first-order valence-electron chi connectivity index (χ1n) is 9.36. The van der Waals surface area contributed by atoms with Crippen molar-refractivity contribution in [2.24, 2.45) is 11.8 Å². The zero-order valence-electron chi connectivity index (χ0n) is 15.3. The lowest BCUT2D eigenvalue weighted by atomic mass is 9.81. The molecule has 0 aromatic heterocycles. The molecule has 1 fully saturated rings. The monoisotopic (exact) mass is 364 g/mol. The van der Waals surface area contributed by atoms with E-state index in [2.05, 4.69) is 5.32 Å². The average molecular weight is 365 g/mol. The Bertz CT molecular complexity index is 579. The molecule has 0 aliphatic heterocycles. The second kappa shape index (κ2) is 9.81. The number of hydrogen-bond donors (Lipinski definition) is 1. The minimum atomic E-state index is 0.0418. The summed E-state index contributed by atoms with van der Waals surface area (Å²) < 4.78 is 0. The smallest absolute Gasteiger partial charge is 0.225 e. The maximum atomic E-state index is 12.4. The topological polar surface area (TPSA) is 49.4 Å². The maximum absolute atomic E-state index is 12.4. The lowest BCUT2D eigenvalue weighted by Gasteiger charge is -2.30. The molecular weight excluding hydrogens is 336 g/mol. The predicted octanol–water partition coefficient (Wildman–Crippen LogP) is 3.67. The Labute approximate surface area is 155 Å². The van der Waals surface area contributed by atoms with Crippen molar-refractivity contribution in [2.75, 3.05) is 19.6 Å². The minimum absolute atomic E-state index is 0.0418. The van der Waals surface area contributed by atoms with Crippen LogP contribution in [0.3, 0.4) is 0 Å². The van der Waals surface area contributed by atoms with E-state index >= 15 is 0 Å². The maximum Gasteiger partial charge on any atom is 0.225 e. The SMILES string of the molecule is CCN(CC)C(=O)C1CCC(C(=O)NCCc2cccc(Cl)c2)CC1. The van der Waals surface area contributed by atoms with E-state index in [0.717, 1.165) is 55.8 Å². The summed E-state index contributed by atoms with van der Waals surface area (Å²) in [7, 11) is 0. The van der Waals surface area contributed by atoms with E-state index in [-0.39, 0.29) is 23.7 Å². The van der Waals surface area contributed by atoms with Gasteiger partial charge in [-0.3, -0.25) is 9.59 Å². The van der Waals surface area contributed by atoms with E-state index in [0.29, 0.717) is 6.54 Å². The fraction of sp³-hybridized carbons (Fsp3) is 0.600. The highest BCUT2D eigenvalue weighted by Gasteiger charge is 2.31. The first-order valence-corrected chi connectivity index (χ1v) is 9.73. The van der Waals surface area contributed by atoms with Crippen LogP contribution in [0.4, 0.5) is 0 Å². The summed E-state index contributed by atoms with van der Waals surface area (Å²) >= 11 is 5.97. The van der Waals surface area contributed by atoms with Crippen molar-refractivity contribution in [3.05, 3.63) is 34.9 Å². The summed E-state index contributed by atoms with van der Waals surface area (Å²) in [5.41, 5.74) is 1.13. The van der Waals surface area contributed by atoms with Crippen LogP contribution in [0.5, 0.6) is 0 Å². The second-order valence-electron chi connectivity index (χ2n) is 6.73. The van der Waals surface area contributed by atoms with Gasteiger partial charge in [0, 0.05) is 36.5 Å². The molecule has 1 saturated carbocycles. The van der Waals surface area contributed by atoms with Crippen molar-refractivity contribution in [3.8, 4) is 0 Å². The fourth-order valence-corrected chi connectivity index (χ4v) is 3.78. The van der Waals surface area contributed by atoms with Gasteiger partial charge in [-0.2, -0.15) is 0 Å². The largest absolute Gasteiger partial charge is 0.356 e. The number of halogens is 1. The molecule has 5 heteroatoms. The van der Waals surface area contributed by atoms with Gasteiger partial charge in [-0.25, -0.2) is 0 Å². The molecule has 0 radical (unpaired) electrons. The van der Waals surface area contributed by atoms with Gasteiger partial charge in [0.25, 0.3) is 0 Å². The number of carbonyl (C=O) groups is 2. The number of hydrogen-bond acceptors (Lipinski definition) is 2. The van der Waals surface area contributed by atoms with Gasteiger partial charge >= 0.3 is 0 Å². The molecule has 138 valence electrons. The third-order valence-corrected chi connectivity index (χ3v) is 5.36. The van der Waals surface area contributed by atoms with E-state index in [1.54, 1.807) is 0 Å². The van der Waals surface area contributed by atoms with E-state index in [4.69, 9.17) is 11.6 Å². The summed E-state index contributed by atoms with van der Waals surface area (Å²) in [5.74, 6) is 0.510. The van der Waals surface area contributed by atoms with Crippen molar-refractivity contribution >= 4 is 23.4 Å². The van der Waals surface area contributed by atoms with Crippen molar-refractivity contribution in [2.45, 2.75) is 46.0 Å². The van der Waals surface area contributed by atoms with Gasteiger partial charge in [0.05, 0.1) is 0 Å². The Balaban J connectivity index is 1.73. The van der Waals surface area contributed by atoms with Gasteiger partial charge in [-0.1, -0.05) is 23.7 Å². The predicted molar refractivity (Wildman–Crippen MR) is 102 cm³/mol. The summed E-state index contributed by atoms with van der Waals surface area (Å²) in [4.78, 5) is 26.7. The molecule has 0 bridgehead atoms. The number of rotatable bonds is 7. The van der Waals surface area contributed by atoms with Crippen LogP contribution in [-0.2, 0) is 16.0 Å². The quantitative estimate of drug-likeness (QED) is 0.802. The molecule has 1 aliphatic carbocycles. The third-order valence-electron chi connectivity index (χ3n) is 5.12. The van der Waals surface area contributed by atoms with Gasteiger partial charge in [-0.15, -0.1) is 0 Å². The van der Waals surface area contributed by atoms with Crippen LogP contribution in [0.2, 0.25) is 5.02 Å². The summed E-state index contributed by atoms with van der Waals surface area (Å²) in [6, 6.07) is 7.72. The number of benzene rings is 1. The lowest BCUT2D eigenvalue weighted by Crippen LogP contribution is -2.40. The fourth-order valence-electron chi connectivity index (χ4n) is 3.56. The minimum Gasteiger partial charge on any atom is -0.356 e. The highest BCUT2D eigenvalue weighted by atomic mass is 35.5. The molecule has 0 heterocycles. The zero-order chi connectivity index (χ0) is 18.2. The summed E-state index contributed by atoms with van der Waals surface area (Å²) in [5, 5.41) is 3.75. The molecule has 1 N–H and O–H groups in total. The molecule has 1 aromatic rings. The molecule has 2 rings (SSSR count). The number of carbonyl (C=O) groups excluding carboxylic acids is 2. The molecule has 0 spiro atoms. The zero-order valence-corrected chi connectivity index (χ0v) is 16.0. The van der Waals surface area contributed by atoms with Crippen LogP contribution in [0.15, 0.2) is 24.3 Å². The normalized spacial score (nSPS) is 20.1. The highest BCUT2D eigenvalue weighted by Crippen LogP contribution is 2.30. The van der Waals surface area contributed by atoms with Crippen LogP contribution in [0.25, 0.3) is 0 Å². The second-order valence-corrected chi connectivity index (χ2v) is 7.17. The first kappa shape index (κ1) is 19.8. The van der Waals surface area contributed by atoms with E-state index in [1.807, 2.05) is 43.0 Å². The number of nitrogens with one attached hydrogen (secondary N) is 1. The number of nitrogens with zero attached hydrogens (tertiary/aromatic N) is 1. The van der Waals surface area contributed by atoms with Crippen molar-refractivity contribution in [1.29, 1.82) is 0 Å². The Morgan fingerprint density at radius 3 is 2.36 bits per heavy atom. The highest BCUT2D eigenvalue weighted by molar-refractivity contribution is 6.30. The van der Waals surface area contributed by atoms with E-state index in [9.17, 15) is 9.59 Å². The first-order chi connectivity index (χ1) is 12.0. The molecule has 4 nitrogen and oxygen atoms in total. The Hall–Kier alpha value is -1.55. The molecule has 0 atom stereocenters. The van der Waals surface area contributed by atoms with E-state index < -0.39 is 0 Å². The molecule has 0 saturated heterocycles. The number of amides is 2.